The third-order valence-corrected chi connectivity index (χ3v) is 10.4. The molecule has 14 heteroatoms. The van der Waals surface area contributed by atoms with E-state index in [0.717, 1.165) is 18.9 Å². The van der Waals surface area contributed by atoms with Crippen molar-refractivity contribution in [2.45, 2.75) is 90.7 Å². The van der Waals surface area contributed by atoms with Gasteiger partial charge in [-0.25, -0.2) is 14.8 Å². The number of nitrogens with one attached hydrogen (secondary N) is 1. The van der Waals surface area contributed by atoms with E-state index < -0.39 is 37.8 Å². The van der Waals surface area contributed by atoms with E-state index in [1.165, 1.54) is 11.2 Å². The van der Waals surface area contributed by atoms with Gasteiger partial charge in [0.2, 0.25) is 6.79 Å². The van der Waals surface area contributed by atoms with Gasteiger partial charge in [-0.15, -0.1) is 0 Å². The number of rotatable bonds is 11. The van der Waals surface area contributed by atoms with Crippen molar-refractivity contribution in [3.63, 3.8) is 0 Å². The zero-order valence-electron chi connectivity index (χ0n) is 28.9. The number of aliphatic hydroxyl groups is 1. The molecule has 2 atom stereocenters. The van der Waals surface area contributed by atoms with Gasteiger partial charge >= 0.3 is 6.09 Å². The van der Waals surface area contributed by atoms with Crippen molar-refractivity contribution in [1.29, 1.82) is 0 Å². The van der Waals surface area contributed by atoms with E-state index >= 15 is 0 Å². The molecule has 4 heterocycles. The van der Waals surface area contributed by atoms with Crippen LogP contribution in [0.1, 0.15) is 49.7 Å². The minimum Gasteiger partial charge on any atom is -0.492 e. The Morgan fingerprint density at radius 3 is 2.60 bits per heavy atom. The van der Waals surface area contributed by atoms with Crippen molar-refractivity contribution in [1.82, 2.24) is 24.8 Å². The van der Waals surface area contributed by atoms with Crippen LogP contribution in [0.5, 0.6) is 17.2 Å². The zero-order chi connectivity index (χ0) is 34.4. The first-order valence-electron chi connectivity index (χ1n) is 16.6. The van der Waals surface area contributed by atoms with Crippen LogP contribution < -0.4 is 19.5 Å². The summed E-state index contributed by atoms with van der Waals surface area (Å²) in [6.07, 6.45) is 2.19. The maximum Gasteiger partial charge on any atom is 0.410 e. The molecule has 2 amide bonds. The molecule has 1 saturated heterocycles. The number of hydrogen-bond donors (Lipinski definition) is 2. The summed E-state index contributed by atoms with van der Waals surface area (Å²) in [4.78, 5) is 37.6. The Balaban J connectivity index is 1.38. The molecule has 6 rings (SSSR count). The summed E-state index contributed by atoms with van der Waals surface area (Å²) >= 11 is 0. The van der Waals surface area contributed by atoms with Crippen molar-refractivity contribution in [3.8, 4) is 28.5 Å². The fourth-order valence-corrected chi connectivity index (χ4v) is 6.63. The third-order valence-electron chi connectivity index (χ3n) is 8.71. The van der Waals surface area contributed by atoms with E-state index in [9.17, 15) is 14.7 Å². The Labute approximate surface area is 281 Å². The molecule has 2 aromatic heterocycles. The van der Waals surface area contributed by atoms with Gasteiger partial charge < -0.3 is 43.6 Å². The van der Waals surface area contributed by atoms with Crippen molar-refractivity contribution in [2.75, 3.05) is 33.1 Å². The molecule has 2 fully saturated rings. The first-order chi connectivity index (χ1) is 22.7. The highest BCUT2D eigenvalue weighted by molar-refractivity contribution is 6.76. The van der Waals surface area contributed by atoms with E-state index in [0.29, 0.717) is 69.9 Å². The Morgan fingerprint density at radius 1 is 1.12 bits per heavy atom. The number of carbonyl (C=O) groups excluding carboxylic acids is 2. The summed E-state index contributed by atoms with van der Waals surface area (Å²) in [5.74, 6) is 1.81. The first kappa shape index (κ1) is 34.0. The first-order valence-corrected chi connectivity index (χ1v) is 20.3. The number of carbonyl (C=O) groups is 2. The van der Waals surface area contributed by atoms with Gasteiger partial charge in [0.1, 0.15) is 35.6 Å². The number of likely N-dealkylation sites (tertiary alicyclic amines) is 1. The van der Waals surface area contributed by atoms with Gasteiger partial charge in [0.25, 0.3) is 5.91 Å². The van der Waals surface area contributed by atoms with Crippen LogP contribution >= 0.6 is 0 Å². The molecule has 1 aromatic carbocycles. The molecule has 1 saturated carbocycles. The Bertz CT molecular complexity index is 1690. The number of hydrogen-bond acceptors (Lipinski definition) is 10. The van der Waals surface area contributed by atoms with Gasteiger partial charge in [0.15, 0.2) is 11.5 Å². The van der Waals surface area contributed by atoms with Crippen LogP contribution in [0.3, 0.4) is 0 Å². The fraction of sp³-hybridized carbons (Fsp3) is 0.588. The molecule has 0 radical (unpaired) electrons. The third kappa shape index (κ3) is 7.40. The summed E-state index contributed by atoms with van der Waals surface area (Å²) < 4.78 is 31.7. The summed E-state index contributed by atoms with van der Waals surface area (Å²) in [6, 6.07) is 3.98. The van der Waals surface area contributed by atoms with Crippen LogP contribution in [0.25, 0.3) is 22.3 Å². The minimum atomic E-state index is -1.36. The molecule has 0 spiro atoms. The number of ether oxygens (including phenoxy) is 5. The summed E-state index contributed by atoms with van der Waals surface area (Å²) in [5, 5.41) is 13.8. The average Bonchev–Trinajstić information content (AvgIpc) is 3.45. The van der Waals surface area contributed by atoms with E-state index in [1.807, 2.05) is 23.6 Å². The van der Waals surface area contributed by atoms with Crippen molar-refractivity contribution < 1.29 is 38.4 Å². The number of fused-ring (bicyclic) bond motifs is 2. The van der Waals surface area contributed by atoms with Crippen LogP contribution in [0.4, 0.5) is 4.79 Å². The van der Waals surface area contributed by atoms with Crippen LogP contribution in [0, 0.1) is 12.8 Å². The number of aromatic nitrogens is 3. The lowest BCUT2D eigenvalue weighted by molar-refractivity contribution is 0.0269. The number of benzene rings is 1. The number of aliphatic hydroxyl groups excluding tert-OH is 1. The zero-order valence-corrected chi connectivity index (χ0v) is 29.9. The normalized spacial score (nSPS) is 19.2. The lowest BCUT2D eigenvalue weighted by Gasteiger charge is -2.24. The Hall–Kier alpha value is -3.88. The molecule has 48 heavy (non-hydrogen) atoms. The van der Waals surface area contributed by atoms with E-state index in [4.69, 9.17) is 28.7 Å². The van der Waals surface area contributed by atoms with Gasteiger partial charge in [-0.1, -0.05) is 19.6 Å². The van der Waals surface area contributed by atoms with Crippen molar-refractivity contribution >= 4 is 31.1 Å². The smallest absolute Gasteiger partial charge is 0.410 e. The lowest BCUT2D eigenvalue weighted by Crippen LogP contribution is -2.43. The highest BCUT2D eigenvalue weighted by atomic mass is 28.3. The summed E-state index contributed by atoms with van der Waals surface area (Å²) in [6.45, 7) is 15.6. The second-order valence-electron chi connectivity index (χ2n) is 15.1. The predicted molar refractivity (Wildman–Crippen MR) is 181 cm³/mol. The van der Waals surface area contributed by atoms with Crippen LogP contribution in [-0.2, 0) is 16.2 Å². The fourth-order valence-electron chi connectivity index (χ4n) is 5.88. The second kappa shape index (κ2) is 13.2. The molecule has 0 bridgehead atoms. The standard InChI is InChI=1S/C34H47N5O8Si/c1-20-26(32(41)37-22-14-38(15-23(22)40)33(42)47-34(2,3)4)28-30(39(20)18-43-12-13-48(5,6)7)29(36-17-35-28)27-24(44-16-21-8-9-21)10-11-25-31(27)46-19-45-25/h10-11,17,21-23,40H,8-9,12-16,18-19H2,1-7H3,(H,37,41)/t22-,23-/m1/s1. The molecule has 260 valence electrons. The quantitative estimate of drug-likeness (QED) is 0.211. The maximum absolute atomic E-state index is 14.1. The molecule has 1 aliphatic carbocycles. The predicted octanol–water partition coefficient (Wildman–Crippen LogP) is 4.95. The number of nitrogens with zero attached hydrogens (tertiary/aromatic N) is 4. The van der Waals surface area contributed by atoms with Gasteiger partial charge in [-0.3, -0.25) is 4.79 Å². The maximum atomic E-state index is 14.1. The van der Waals surface area contributed by atoms with Gasteiger partial charge in [0.05, 0.1) is 41.9 Å². The topological polar surface area (TPSA) is 146 Å². The molecule has 13 nitrogen and oxygen atoms in total. The highest BCUT2D eigenvalue weighted by Crippen LogP contribution is 2.49. The molecule has 3 aliphatic rings. The number of amides is 2. The van der Waals surface area contributed by atoms with Gasteiger partial charge in [-0.05, 0) is 64.6 Å². The lowest BCUT2D eigenvalue weighted by atomic mass is 10.1. The van der Waals surface area contributed by atoms with Crippen molar-refractivity contribution in [3.05, 3.63) is 29.7 Å². The second-order valence-corrected chi connectivity index (χ2v) is 20.7. The molecule has 3 aromatic rings. The molecule has 2 N–H and O–H groups in total. The summed E-state index contributed by atoms with van der Waals surface area (Å²) in [5.41, 5.74) is 2.44. The average molecular weight is 682 g/mol. The van der Waals surface area contributed by atoms with Crippen LogP contribution in [0.15, 0.2) is 18.5 Å². The van der Waals surface area contributed by atoms with E-state index in [2.05, 4.69) is 29.9 Å². The summed E-state index contributed by atoms with van der Waals surface area (Å²) in [7, 11) is -1.36. The van der Waals surface area contributed by atoms with E-state index in [1.54, 1.807) is 20.8 Å². The highest BCUT2D eigenvalue weighted by Gasteiger charge is 2.38. The monoisotopic (exact) mass is 681 g/mol. The molecular weight excluding hydrogens is 634 g/mol. The van der Waals surface area contributed by atoms with Crippen molar-refractivity contribution in [2.24, 2.45) is 5.92 Å². The molecule has 0 unspecified atom stereocenters. The minimum absolute atomic E-state index is 0.0443. The van der Waals surface area contributed by atoms with E-state index in [-0.39, 0.29) is 26.6 Å². The SMILES string of the molecule is Cc1c(C(=O)N[C@@H]2CN(C(=O)OC(C)(C)C)C[C@H]2O)c2ncnc(-c3c(OCC4CC4)ccc4c3OCO4)c2n1COCC[Si](C)(C)C. The van der Waals surface area contributed by atoms with Crippen LogP contribution in [0.2, 0.25) is 25.7 Å². The Morgan fingerprint density at radius 2 is 1.90 bits per heavy atom. The number of β-amino-alcohol motifs (C(OH)–C–C–N with tert-alkyl or cyclic N) is 1. The van der Waals surface area contributed by atoms with Gasteiger partial charge in [-0.2, -0.15) is 0 Å². The van der Waals surface area contributed by atoms with Gasteiger partial charge in [0, 0.05) is 26.9 Å². The Kier molecular flexibility index (Phi) is 9.35. The van der Waals surface area contributed by atoms with Crippen LogP contribution in [-0.4, -0.2) is 95.5 Å². The molecular formula is C34H47N5O8Si. The molecule has 2 aliphatic heterocycles. The largest absolute Gasteiger partial charge is 0.492 e.